The summed E-state index contributed by atoms with van der Waals surface area (Å²) in [4.78, 5) is 0. The molecule has 0 aromatic carbocycles. The summed E-state index contributed by atoms with van der Waals surface area (Å²) < 4.78 is 0. The number of allylic oxidation sites excluding steroid dienone is 1. The molecule has 0 atom stereocenters. The van der Waals surface area contributed by atoms with Gasteiger partial charge in [-0.25, -0.2) is 0 Å². The lowest BCUT2D eigenvalue weighted by molar-refractivity contribution is 0.320. The predicted octanol–water partition coefficient (Wildman–Crippen LogP) is 3.72. The van der Waals surface area contributed by atoms with Gasteiger partial charge in [-0.1, -0.05) is 47.1 Å². The van der Waals surface area contributed by atoms with Crippen molar-refractivity contribution in [2.24, 2.45) is 5.41 Å². The normalized spacial score (nSPS) is 11.4. The standard InChI is InChI=1S/C12H25N/c1-6-8-11(3)13-10-12(4,5)9-7-2/h13H,3,6-10H2,1-2,4-5H3. The van der Waals surface area contributed by atoms with Crippen molar-refractivity contribution in [3.8, 4) is 0 Å². The average molecular weight is 183 g/mol. The van der Waals surface area contributed by atoms with E-state index in [4.69, 9.17) is 0 Å². The highest BCUT2D eigenvalue weighted by molar-refractivity contribution is 4.92. The molecule has 0 aliphatic heterocycles. The van der Waals surface area contributed by atoms with Crippen LogP contribution >= 0.6 is 0 Å². The molecular weight excluding hydrogens is 158 g/mol. The fraction of sp³-hybridized carbons (Fsp3) is 0.833. The Morgan fingerprint density at radius 3 is 2.31 bits per heavy atom. The maximum Gasteiger partial charge on any atom is 0.0195 e. The molecule has 0 fully saturated rings. The molecule has 0 unspecified atom stereocenters. The summed E-state index contributed by atoms with van der Waals surface area (Å²) in [6.45, 7) is 14.1. The van der Waals surface area contributed by atoms with E-state index >= 15 is 0 Å². The Morgan fingerprint density at radius 2 is 1.85 bits per heavy atom. The van der Waals surface area contributed by atoms with E-state index in [-0.39, 0.29) is 0 Å². The van der Waals surface area contributed by atoms with Crippen LogP contribution in [0.25, 0.3) is 0 Å². The van der Waals surface area contributed by atoms with Crippen LogP contribution in [-0.4, -0.2) is 6.54 Å². The molecule has 0 saturated heterocycles. The molecule has 78 valence electrons. The Morgan fingerprint density at radius 1 is 1.23 bits per heavy atom. The molecule has 0 bridgehead atoms. The van der Waals surface area contributed by atoms with E-state index < -0.39 is 0 Å². The minimum absolute atomic E-state index is 0.408. The number of rotatable bonds is 7. The zero-order valence-electron chi connectivity index (χ0n) is 9.74. The van der Waals surface area contributed by atoms with Crippen molar-refractivity contribution in [2.45, 2.75) is 53.4 Å². The van der Waals surface area contributed by atoms with E-state index in [2.05, 4.69) is 39.6 Å². The number of nitrogens with one attached hydrogen (secondary N) is 1. The predicted molar refractivity (Wildman–Crippen MR) is 60.7 cm³/mol. The van der Waals surface area contributed by atoms with Crippen LogP contribution < -0.4 is 5.32 Å². The van der Waals surface area contributed by atoms with Gasteiger partial charge in [-0.15, -0.1) is 0 Å². The number of hydrogen-bond acceptors (Lipinski definition) is 1. The SMILES string of the molecule is C=C(CCC)NCC(C)(C)CCC. The van der Waals surface area contributed by atoms with Gasteiger partial charge in [-0.2, -0.15) is 0 Å². The summed E-state index contributed by atoms with van der Waals surface area (Å²) >= 11 is 0. The van der Waals surface area contributed by atoms with Crippen LogP contribution in [0.4, 0.5) is 0 Å². The summed E-state index contributed by atoms with van der Waals surface area (Å²) in [5.74, 6) is 0. The monoisotopic (exact) mass is 183 g/mol. The first-order chi connectivity index (χ1) is 6.02. The Hall–Kier alpha value is -0.460. The second-order valence-corrected chi connectivity index (χ2v) is 4.62. The first-order valence-electron chi connectivity index (χ1n) is 5.43. The van der Waals surface area contributed by atoms with Crippen molar-refractivity contribution >= 4 is 0 Å². The van der Waals surface area contributed by atoms with Gasteiger partial charge in [-0.05, 0) is 18.3 Å². The van der Waals surface area contributed by atoms with E-state index in [1.807, 2.05) is 0 Å². The Kier molecular flexibility index (Phi) is 5.85. The van der Waals surface area contributed by atoms with Crippen molar-refractivity contribution in [2.75, 3.05) is 6.54 Å². The zero-order chi connectivity index (χ0) is 10.3. The molecule has 0 saturated carbocycles. The maximum absolute atomic E-state index is 4.00. The third-order valence-electron chi connectivity index (χ3n) is 2.30. The zero-order valence-corrected chi connectivity index (χ0v) is 9.74. The van der Waals surface area contributed by atoms with Crippen LogP contribution in [0.5, 0.6) is 0 Å². The van der Waals surface area contributed by atoms with Crippen molar-refractivity contribution in [3.05, 3.63) is 12.3 Å². The van der Waals surface area contributed by atoms with Gasteiger partial charge >= 0.3 is 0 Å². The summed E-state index contributed by atoms with van der Waals surface area (Å²) in [6.07, 6.45) is 4.82. The highest BCUT2D eigenvalue weighted by Gasteiger charge is 2.15. The largest absolute Gasteiger partial charge is 0.388 e. The third-order valence-corrected chi connectivity index (χ3v) is 2.30. The van der Waals surface area contributed by atoms with Crippen molar-refractivity contribution in [1.29, 1.82) is 0 Å². The average Bonchev–Trinajstić information content (AvgIpc) is 2.02. The van der Waals surface area contributed by atoms with E-state index in [1.54, 1.807) is 0 Å². The van der Waals surface area contributed by atoms with Crippen LogP contribution in [0.3, 0.4) is 0 Å². The second kappa shape index (κ2) is 6.06. The molecule has 13 heavy (non-hydrogen) atoms. The smallest absolute Gasteiger partial charge is 0.0195 e. The minimum atomic E-state index is 0.408. The molecule has 0 heterocycles. The quantitative estimate of drug-likeness (QED) is 0.634. The maximum atomic E-state index is 4.00. The molecule has 0 aromatic heterocycles. The van der Waals surface area contributed by atoms with Gasteiger partial charge in [0, 0.05) is 12.2 Å². The molecule has 0 amide bonds. The second-order valence-electron chi connectivity index (χ2n) is 4.62. The molecule has 0 aliphatic rings. The van der Waals surface area contributed by atoms with Crippen molar-refractivity contribution in [3.63, 3.8) is 0 Å². The van der Waals surface area contributed by atoms with Gasteiger partial charge in [0.05, 0.1) is 0 Å². The molecule has 0 spiro atoms. The van der Waals surface area contributed by atoms with E-state index in [9.17, 15) is 0 Å². The summed E-state index contributed by atoms with van der Waals surface area (Å²) in [5, 5.41) is 3.41. The summed E-state index contributed by atoms with van der Waals surface area (Å²) in [5.41, 5.74) is 1.59. The van der Waals surface area contributed by atoms with Gasteiger partial charge in [0.25, 0.3) is 0 Å². The van der Waals surface area contributed by atoms with E-state index in [0.29, 0.717) is 5.41 Å². The first-order valence-corrected chi connectivity index (χ1v) is 5.43. The van der Waals surface area contributed by atoms with Crippen molar-refractivity contribution < 1.29 is 0 Å². The lowest BCUT2D eigenvalue weighted by Gasteiger charge is -2.25. The molecule has 0 rings (SSSR count). The Bertz CT molecular complexity index is 147. The highest BCUT2D eigenvalue weighted by Crippen LogP contribution is 2.21. The molecule has 1 N–H and O–H groups in total. The Balaban J connectivity index is 3.67. The van der Waals surface area contributed by atoms with E-state index in [1.165, 1.54) is 25.0 Å². The fourth-order valence-corrected chi connectivity index (χ4v) is 1.52. The fourth-order valence-electron chi connectivity index (χ4n) is 1.52. The van der Waals surface area contributed by atoms with Gasteiger partial charge in [0.15, 0.2) is 0 Å². The van der Waals surface area contributed by atoms with Crippen LogP contribution in [0.2, 0.25) is 0 Å². The molecule has 1 nitrogen and oxygen atoms in total. The summed E-state index contributed by atoms with van der Waals surface area (Å²) in [7, 11) is 0. The molecule has 0 aromatic rings. The van der Waals surface area contributed by atoms with Gasteiger partial charge in [-0.3, -0.25) is 0 Å². The highest BCUT2D eigenvalue weighted by atomic mass is 14.9. The van der Waals surface area contributed by atoms with Gasteiger partial charge < -0.3 is 5.32 Å². The summed E-state index contributed by atoms with van der Waals surface area (Å²) in [6, 6.07) is 0. The van der Waals surface area contributed by atoms with E-state index in [0.717, 1.165) is 13.0 Å². The molecule has 0 aliphatic carbocycles. The number of hydrogen-bond donors (Lipinski definition) is 1. The van der Waals surface area contributed by atoms with Gasteiger partial charge in [0.2, 0.25) is 0 Å². The van der Waals surface area contributed by atoms with Crippen LogP contribution in [0.15, 0.2) is 12.3 Å². The lowest BCUT2D eigenvalue weighted by atomic mass is 9.88. The van der Waals surface area contributed by atoms with Crippen LogP contribution in [-0.2, 0) is 0 Å². The van der Waals surface area contributed by atoms with Crippen molar-refractivity contribution in [1.82, 2.24) is 5.32 Å². The topological polar surface area (TPSA) is 12.0 Å². The first kappa shape index (κ1) is 12.5. The third kappa shape index (κ3) is 6.68. The van der Waals surface area contributed by atoms with Gasteiger partial charge in [0.1, 0.15) is 0 Å². The lowest BCUT2D eigenvalue weighted by Crippen LogP contribution is -2.28. The van der Waals surface area contributed by atoms with Crippen LogP contribution in [0.1, 0.15) is 53.4 Å². The minimum Gasteiger partial charge on any atom is -0.388 e. The molecular formula is C12H25N. The molecule has 1 heteroatoms. The molecule has 0 radical (unpaired) electrons. The Labute approximate surface area is 83.6 Å². The van der Waals surface area contributed by atoms with Crippen LogP contribution in [0, 0.1) is 5.41 Å².